The van der Waals surface area contributed by atoms with E-state index in [-0.39, 0.29) is 5.97 Å². The first-order valence-electron chi connectivity index (χ1n) is 10.7. The topological polar surface area (TPSA) is 38.3 Å². The minimum absolute atomic E-state index is 0.154. The van der Waals surface area contributed by atoms with E-state index in [1.54, 1.807) is 0 Å². The van der Waals surface area contributed by atoms with Crippen molar-refractivity contribution in [3.05, 3.63) is 0 Å². The van der Waals surface area contributed by atoms with Gasteiger partial charge in [-0.05, 0) is 74.7 Å². The number of carbonyl (C=O) groups excluding carboxylic acids is 1. The monoisotopic (exact) mass is 349 g/mol. The molecule has 0 aromatic rings. The van der Waals surface area contributed by atoms with E-state index >= 15 is 0 Å². The molecule has 4 saturated carbocycles. The second-order valence-corrected chi connectivity index (χ2v) is 10.3. The van der Waals surface area contributed by atoms with E-state index in [0.29, 0.717) is 23.0 Å². The van der Waals surface area contributed by atoms with Gasteiger partial charge >= 0.3 is 5.97 Å². The highest BCUT2D eigenvalue weighted by atomic mass is 16.5. The fraction of sp³-hybridized carbons (Fsp3) is 0.955. The van der Waals surface area contributed by atoms with E-state index < -0.39 is 0 Å². The Hall–Kier alpha value is -0.570. The molecule has 4 aliphatic carbocycles. The van der Waals surface area contributed by atoms with Crippen molar-refractivity contribution >= 4 is 5.97 Å². The van der Waals surface area contributed by atoms with Crippen LogP contribution in [0.25, 0.3) is 0 Å². The van der Waals surface area contributed by atoms with Crippen LogP contribution < -0.4 is 5.32 Å². The maximum absolute atomic E-state index is 10.7. The van der Waals surface area contributed by atoms with E-state index in [1.807, 2.05) is 0 Å². The van der Waals surface area contributed by atoms with Crippen LogP contribution in [0.2, 0.25) is 0 Å². The fourth-order valence-electron chi connectivity index (χ4n) is 7.15. The van der Waals surface area contributed by atoms with E-state index in [2.05, 4.69) is 19.2 Å². The summed E-state index contributed by atoms with van der Waals surface area (Å²) in [7, 11) is 0. The number of nitrogens with one attached hydrogen (secondary N) is 1. The molecule has 25 heavy (non-hydrogen) atoms. The molecule has 0 amide bonds. The molecule has 144 valence electrons. The minimum Gasteiger partial charge on any atom is -0.466 e. The number of ether oxygens (including phenoxy) is 1. The molecule has 2 atom stereocenters. The molecule has 3 nitrogen and oxygen atoms in total. The summed E-state index contributed by atoms with van der Waals surface area (Å²) in [6.07, 6.45) is 16.1. The Balaban J connectivity index is 1.29. The highest BCUT2D eigenvalue weighted by molar-refractivity contribution is 5.65. The Morgan fingerprint density at radius 1 is 0.920 bits per heavy atom. The van der Waals surface area contributed by atoms with E-state index in [0.717, 1.165) is 12.3 Å². The van der Waals surface area contributed by atoms with Crippen LogP contribution in [-0.4, -0.2) is 24.7 Å². The number of unbranched alkanes of at least 4 members (excludes halogenated alkanes) is 5. The SMILES string of the molecule is CC(=O)OCCCCCCCCNC12CC3CC(C)(CC(C)(C3)C1)C2. The van der Waals surface area contributed by atoms with Crippen LogP contribution in [0.4, 0.5) is 0 Å². The normalized spacial score (nSPS) is 38.9. The summed E-state index contributed by atoms with van der Waals surface area (Å²) >= 11 is 0. The summed E-state index contributed by atoms with van der Waals surface area (Å²) in [6.45, 7) is 8.39. The predicted molar refractivity (Wildman–Crippen MR) is 102 cm³/mol. The maximum Gasteiger partial charge on any atom is 0.302 e. The standard InChI is InChI=1S/C22H39NO2/c1-18(24)25-11-9-7-5-4-6-8-10-23-22-14-19-12-20(2,16-22)15-21(3,13-19)17-22/h19,23H,4-17H2,1-3H3. The van der Waals surface area contributed by atoms with E-state index in [9.17, 15) is 4.79 Å². The molecule has 4 aliphatic rings. The zero-order valence-electron chi connectivity index (χ0n) is 16.8. The highest BCUT2D eigenvalue weighted by Gasteiger charge is 2.59. The molecule has 0 spiro atoms. The van der Waals surface area contributed by atoms with Gasteiger partial charge in [0.15, 0.2) is 0 Å². The minimum atomic E-state index is -0.154. The molecule has 2 unspecified atom stereocenters. The van der Waals surface area contributed by atoms with E-state index in [4.69, 9.17) is 4.74 Å². The van der Waals surface area contributed by atoms with Crippen LogP contribution in [0.1, 0.15) is 97.8 Å². The molecule has 0 heterocycles. The zero-order valence-corrected chi connectivity index (χ0v) is 16.8. The molecule has 4 rings (SSSR count). The smallest absolute Gasteiger partial charge is 0.302 e. The summed E-state index contributed by atoms with van der Waals surface area (Å²) in [5.74, 6) is 0.828. The molecule has 0 aromatic carbocycles. The van der Waals surface area contributed by atoms with Crippen molar-refractivity contribution in [1.82, 2.24) is 5.32 Å². The number of carbonyl (C=O) groups is 1. The number of hydrogen-bond acceptors (Lipinski definition) is 3. The van der Waals surface area contributed by atoms with Gasteiger partial charge in [-0.2, -0.15) is 0 Å². The third kappa shape index (κ3) is 4.99. The largest absolute Gasteiger partial charge is 0.466 e. The zero-order chi connectivity index (χ0) is 18.0. The lowest BCUT2D eigenvalue weighted by atomic mass is 9.43. The van der Waals surface area contributed by atoms with Crippen LogP contribution in [0.5, 0.6) is 0 Å². The molecule has 4 fully saturated rings. The van der Waals surface area contributed by atoms with Gasteiger partial charge in [0.05, 0.1) is 6.61 Å². The lowest BCUT2D eigenvalue weighted by Crippen LogP contribution is -2.64. The van der Waals surface area contributed by atoms with Gasteiger partial charge in [0.25, 0.3) is 0 Å². The van der Waals surface area contributed by atoms with Gasteiger partial charge in [0.2, 0.25) is 0 Å². The summed E-state index contributed by atoms with van der Waals surface area (Å²) < 4.78 is 4.97. The number of esters is 1. The number of rotatable bonds is 10. The molecule has 4 bridgehead atoms. The Morgan fingerprint density at radius 3 is 2.12 bits per heavy atom. The van der Waals surface area contributed by atoms with Gasteiger partial charge in [-0.3, -0.25) is 4.79 Å². The second kappa shape index (κ2) is 7.58. The Morgan fingerprint density at radius 2 is 1.52 bits per heavy atom. The van der Waals surface area contributed by atoms with Gasteiger partial charge < -0.3 is 10.1 Å². The summed E-state index contributed by atoms with van der Waals surface area (Å²) in [5.41, 5.74) is 1.69. The molecule has 0 aromatic heterocycles. The third-order valence-electron chi connectivity index (χ3n) is 7.00. The van der Waals surface area contributed by atoms with Crippen molar-refractivity contribution in [2.24, 2.45) is 16.7 Å². The Labute approximate surface area is 154 Å². The first kappa shape index (κ1) is 19.2. The molecule has 0 radical (unpaired) electrons. The van der Waals surface area contributed by atoms with Crippen LogP contribution in [-0.2, 0) is 9.53 Å². The van der Waals surface area contributed by atoms with Crippen molar-refractivity contribution in [2.45, 2.75) is 103 Å². The van der Waals surface area contributed by atoms with Crippen LogP contribution in [0.15, 0.2) is 0 Å². The summed E-state index contributed by atoms with van der Waals surface area (Å²) in [6, 6.07) is 0. The molecule has 1 N–H and O–H groups in total. The number of hydrogen-bond donors (Lipinski definition) is 1. The molecular weight excluding hydrogens is 310 g/mol. The quantitative estimate of drug-likeness (QED) is 0.433. The van der Waals surface area contributed by atoms with Gasteiger partial charge in [0, 0.05) is 12.5 Å². The Kier molecular flexibility index (Phi) is 5.82. The van der Waals surface area contributed by atoms with Crippen molar-refractivity contribution in [1.29, 1.82) is 0 Å². The highest BCUT2D eigenvalue weighted by Crippen LogP contribution is 2.66. The molecule has 0 aliphatic heterocycles. The van der Waals surface area contributed by atoms with Gasteiger partial charge in [-0.15, -0.1) is 0 Å². The third-order valence-corrected chi connectivity index (χ3v) is 7.00. The van der Waals surface area contributed by atoms with E-state index in [1.165, 1.54) is 84.1 Å². The van der Waals surface area contributed by atoms with Crippen molar-refractivity contribution in [3.63, 3.8) is 0 Å². The molecule has 3 heteroatoms. The van der Waals surface area contributed by atoms with Crippen LogP contribution in [0.3, 0.4) is 0 Å². The maximum atomic E-state index is 10.7. The average molecular weight is 350 g/mol. The lowest BCUT2D eigenvalue weighted by molar-refractivity contribution is -0.141. The summed E-state index contributed by atoms with van der Waals surface area (Å²) in [4.78, 5) is 10.7. The fourth-order valence-corrected chi connectivity index (χ4v) is 7.15. The molecular formula is C22H39NO2. The first-order valence-corrected chi connectivity index (χ1v) is 10.7. The second-order valence-electron chi connectivity index (χ2n) is 10.3. The van der Waals surface area contributed by atoms with Gasteiger partial charge in [0.1, 0.15) is 0 Å². The van der Waals surface area contributed by atoms with Crippen LogP contribution >= 0.6 is 0 Å². The van der Waals surface area contributed by atoms with Crippen molar-refractivity contribution in [3.8, 4) is 0 Å². The van der Waals surface area contributed by atoms with Crippen molar-refractivity contribution < 1.29 is 9.53 Å². The molecule has 0 saturated heterocycles. The lowest BCUT2D eigenvalue weighted by Gasteiger charge is -2.65. The van der Waals surface area contributed by atoms with Crippen molar-refractivity contribution in [2.75, 3.05) is 13.2 Å². The first-order chi connectivity index (χ1) is 11.8. The van der Waals surface area contributed by atoms with Gasteiger partial charge in [-0.25, -0.2) is 0 Å². The van der Waals surface area contributed by atoms with Gasteiger partial charge in [-0.1, -0.05) is 39.5 Å². The summed E-state index contributed by atoms with van der Waals surface area (Å²) in [5, 5.41) is 4.04. The predicted octanol–water partition coefficient (Wildman–Crippen LogP) is 5.23. The average Bonchev–Trinajstić information content (AvgIpc) is 2.45. The Bertz CT molecular complexity index is 457. The van der Waals surface area contributed by atoms with Crippen LogP contribution in [0, 0.1) is 16.7 Å².